The van der Waals surface area contributed by atoms with E-state index in [1.165, 1.54) is 6.92 Å². The van der Waals surface area contributed by atoms with E-state index in [-0.39, 0.29) is 11.8 Å². The lowest BCUT2D eigenvalue weighted by molar-refractivity contribution is -0.116. The molecule has 0 saturated heterocycles. The highest BCUT2D eigenvalue weighted by Crippen LogP contribution is 2.19. The number of nitrogens with one attached hydrogen (secondary N) is 1. The molecule has 2 amide bonds. The van der Waals surface area contributed by atoms with Gasteiger partial charge < -0.3 is 15.1 Å². The predicted octanol–water partition coefficient (Wildman–Crippen LogP) is 2.84. The van der Waals surface area contributed by atoms with E-state index in [0.717, 1.165) is 16.9 Å². The van der Waals surface area contributed by atoms with Crippen LogP contribution in [0.4, 0.5) is 11.4 Å². The molecule has 0 aliphatic carbocycles. The van der Waals surface area contributed by atoms with Crippen molar-refractivity contribution in [2.75, 3.05) is 37.0 Å². The first-order valence-corrected chi connectivity index (χ1v) is 8.29. The number of hydrogen-bond donors (Lipinski definition) is 1. The van der Waals surface area contributed by atoms with Crippen molar-refractivity contribution in [3.63, 3.8) is 0 Å². The summed E-state index contributed by atoms with van der Waals surface area (Å²) >= 11 is 0. The Kier molecular flexibility index (Phi) is 6.17. The topological polar surface area (TPSA) is 52.7 Å². The lowest BCUT2D eigenvalue weighted by Gasteiger charge is -2.22. The molecule has 25 heavy (non-hydrogen) atoms. The Morgan fingerprint density at radius 1 is 0.920 bits per heavy atom. The van der Waals surface area contributed by atoms with Gasteiger partial charge >= 0.3 is 0 Å². The molecule has 0 aromatic heterocycles. The third-order valence-electron chi connectivity index (χ3n) is 3.99. The van der Waals surface area contributed by atoms with Crippen molar-refractivity contribution in [1.82, 2.24) is 5.32 Å². The fraction of sp³-hybridized carbons (Fsp3) is 0.300. The van der Waals surface area contributed by atoms with Gasteiger partial charge in [0, 0.05) is 51.0 Å². The van der Waals surface area contributed by atoms with Crippen LogP contribution in [-0.4, -0.2) is 39.0 Å². The average Bonchev–Trinajstić information content (AvgIpc) is 2.59. The first-order chi connectivity index (χ1) is 11.9. The zero-order valence-electron chi connectivity index (χ0n) is 15.2. The molecule has 2 rings (SSSR count). The molecule has 0 bridgehead atoms. The summed E-state index contributed by atoms with van der Waals surface area (Å²) in [6, 6.07) is 15.2. The fourth-order valence-electron chi connectivity index (χ4n) is 2.49. The van der Waals surface area contributed by atoms with Gasteiger partial charge in [0.25, 0.3) is 5.91 Å². The largest absolute Gasteiger partial charge is 0.378 e. The summed E-state index contributed by atoms with van der Waals surface area (Å²) in [5, 5.41) is 2.86. The van der Waals surface area contributed by atoms with Gasteiger partial charge in [-0.1, -0.05) is 17.7 Å². The maximum atomic E-state index is 12.1. The van der Waals surface area contributed by atoms with Gasteiger partial charge in [-0.05, 0) is 43.3 Å². The highest BCUT2D eigenvalue weighted by molar-refractivity contribution is 5.94. The van der Waals surface area contributed by atoms with Crippen LogP contribution in [0.25, 0.3) is 0 Å². The summed E-state index contributed by atoms with van der Waals surface area (Å²) in [5.74, 6) is -0.186. The molecule has 0 atom stereocenters. The van der Waals surface area contributed by atoms with E-state index >= 15 is 0 Å². The zero-order chi connectivity index (χ0) is 18.4. The van der Waals surface area contributed by atoms with Crippen LogP contribution in [0.5, 0.6) is 0 Å². The summed E-state index contributed by atoms with van der Waals surface area (Å²) in [7, 11) is 3.94. The monoisotopic (exact) mass is 339 g/mol. The molecule has 5 heteroatoms. The second kappa shape index (κ2) is 8.33. The molecule has 0 aliphatic rings. The first-order valence-electron chi connectivity index (χ1n) is 8.29. The molecule has 132 valence electrons. The van der Waals surface area contributed by atoms with Gasteiger partial charge in [-0.25, -0.2) is 0 Å². The van der Waals surface area contributed by atoms with Crippen LogP contribution in [0.2, 0.25) is 0 Å². The minimum absolute atomic E-state index is 0.0535. The van der Waals surface area contributed by atoms with Crippen molar-refractivity contribution in [3.05, 3.63) is 59.7 Å². The van der Waals surface area contributed by atoms with Gasteiger partial charge in [-0.15, -0.1) is 0 Å². The van der Waals surface area contributed by atoms with Gasteiger partial charge in [-0.3, -0.25) is 9.59 Å². The van der Waals surface area contributed by atoms with Gasteiger partial charge in [0.05, 0.1) is 0 Å². The standard InChI is InChI=1S/C20H25N3O2/c1-15-5-7-17(8-6-15)20(25)21-13-14-23(16(2)24)19-11-9-18(10-12-19)22(3)4/h5-12H,13-14H2,1-4H3,(H,21,25). The molecule has 0 saturated carbocycles. The Balaban J connectivity index is 1.96. The predicted molar refractivity (Wildman–Crippen MR) is 102 cm³/mol. The van der Waals surface area contributed by atoms with Crippen molar-refractivity contribution in [3.8, 4) is 0 Å². The normalized spacial score (nSPS) is 10.2. The second-order valence-electron chi connectivity index (χ2n) is 6.20. The van der Waals surface area contributed by atoms with Gasteiger partial charge in [-0.2, -0.15) is 0 Å². The molecular weight excluding hydrogens is 314 g/mol. The number of hydrogen-bond acceptors (Lipinski definition) is 3. The molecule has 1 N–H and O–H groups in total. The van der Waals surface area contributed by atoms with E-state index in [2.05, 4.69) is 5.32 Å². The number of benzene rings is 2. The molecule has 0 fully saturated rings. The molecule has 0 heterocycles. The third kappa shape index (κ3) is 5.08. The Labute approximate surface area is 149 Å². The maximum Gasteiger partial charge on any atom is 0.251 e. The van der Waals surface area contributed by atoms with E-state index in [9.17, 15) is 9.59 Å². The van der Waals surface area contributed by atoms with Crippen molar-refractivity contribution >= 4 is 23.2 Å². The van der Waals surface area contributed by atoms with Crippen molar-refractivity contribution in [1.29, 1.82) is 0 Å². The summed E-state index contributed by atoms with van der Waals surface area (Å²) < 4.78 is 0. The number of rotatable bonds is 6. The van der Waals surface area contributed by atoms with E-state index in [0.29, 0.717) is 18.7 Å². The minimum Gasteiger partial charge on any atom is -0.378 e. The van der Waals surface area contributed by atoms with Crippen LogP contribution in [0.1, 0.15) is 22.8 Å². The quantitative estimate of drug-likeness (QED) is 0.880. The van der Waals surface area contributed by atoms with E-state index in [1.807, 2.05) is 62.3 Å². The van der Waals surface area contributed by atoms with Crippen molar-refractivity contribution < 1.29 is 9.59 Å². The SMILES string of the molecule is CC(=O)N(CCNC(=O)c1ccc(C)cc1)c1ccc(N(C)C)cc1. The van der Waals surface area contributed by atoms with E-state index in [1.54, 1.807) is 17.0 Å². The maximum absolute atomic E-state index is 12.1. The van der Waals surface area contributed by atoms with Gasteiger partial charge in [0.15, 0.2) is 0 Å². The lowest BCUT2D eigenvalue weighted by atomic mass is 10.1. The molecule has 0 unspecified atom stereocenters. The number of aryl methyl sites for hydroxylation is 1. The van der Waals surface area contributed by atoms with Crippen LogP contribution in [0.15, 0.2) is 48.5 Å². The Morgan fingerprint density at radius 2 is 1.48 bits per heavy atom. The van der Waals surface area contributed by atoms with Gasteiger partial charge in [0.2, 0.25) is 5.91 Å². The minimum atomic E-state index is -0.133. The first kappa shape index (κ1) is 18.5. The molecule has 2 aromatic rings. The fourth-order valence-corrected chi connectivity index (χ4v) is 2.49. The average molecular weight is 339 g/mol. The van der Waals surface area contributed by atoms with Crippen LogP contribution in [0.3, 0.4) is 0 Å². The van der Waals surface area contributed by atoms with Crippen molar-refractivity contribution in [2.24, 2.45) is 0 Å². The molecule has 0 radical (unpaired) electrons. The van der Waals surface area contributed by atoms with E-state index < -0.39 is 0 Å². The summed E-state index contributed by atoms with van der Waals surface area (Å²) in [6.07, 6.45) is 0. The zero-order valence-corrected chi connectivity index (χ0v) is 15.2. The molecule has 0 spiro atoms. The summed E-state index contributed by atoms with van der Waals surface area (Å²) in [5.41, 5.74) is 3.62. The molecule has 0 aliphatic heterocycles. The Hall–Kier alpha value is -2.82. The van der Waals surface area contributed by atoms with Crippen LogP contribution >= 0.6 is 0 Å². The number of anilines is 2. The van der Waals surface area contributed by atoms with Crippen molar-refractivity contribution in [2.45, 2.75) is 13.8 Å². The highest BCUT2D eigenvalue weighted by atomic mass is 16.2. The van der Waals surface area contributed by atoms with Gasteiger partial charge in [0.1, 0.15) is 0 Å². The number of carbonyl (C=O) groups is 2. The molecule has 5 nitrogen and oxygen atoms in total. The number of carbonyl (C=O) groups excluding carboxylic acids is 2. The molecular formula is C20H25N3O2. The Bertz CT molecular complexity index is 722. The van der Waals surface area contributed by atoms with Crippen LogP contribution in [0, 0.1) is 6.92 Å². The summed E-state index contributed by atoms with van der Waals surface area (Å²) in [6.45, 7) is 4.33. The summed E-state index contributed by atoms with van der Waals surface area (Å²) in [4.78, 5) is 27.8. The van der Waals surface area contributed by atoms with Crippen LogP contribution in [-0.2, 0) is 4.79 Å². The second-order valence-corrected chi connectivity index (χ2v) is 6.20. The molecule has 2 aromatic carbocycles. The number of amides is 2. The highest BCUT2D eigenvalue weighted by Gasteiger charge is 2.12. The van der Waals surface area contributed by atoms with Crippen LogP contribution < -0.4 is 15.1 Å². The Morgan fingerprint density at radius 3 is 2.00 bits per heavy atom. The third-order valence-corrected chi connectivity index (χ3v) is 3.99. The lowest BCUT2D eigenvalue weighted by Crippen LogP contribution is -2.37. The smallest absolute Gasteiger partial charge is 0.251 e. The number of nitrogens with zero attached hydrogens (tertiary/aromatic N) is 2. The van der Waals surface area contributed by atoms with E-state index in [4.69, 9.17) is 0 Å².